The lowest BCUT2D eigenvalue weighted by Gasteiger charge is -1.94. The largest absolute Gasteiger partial charge is 0.440 e. The molecule has 1 aromatic carbocycles. The van der Waals surface area contributed by atoms with Crippen molar-refractivity contribution in [2.24, 2.45) is 12.0 Å². The van der Waals surface area contributed by atoms with Crippen LogP contribution in [0.15, 0.2) is 51.3 Å². The van der Waals surface area contributed by atoms with Gasteiger partial charge in [-0.2, -0.15) is 4.99 Å². The minimum Gasteiger partial charge on any atom is -0.440 e. The van der Waals surface area contributed by atoms with Gasteiger partial charge < -0.3 is 8.98 Å². The maximum atomic E-state index is 12.6. The van der Waals surface area contributed by atoms with Gasteiger partial charge in [0.2, 0.25) is 5.89 Å². The Balaban J connectivity index is 1.77. The van der Waals surface area contributed by atoms with Crippen LogP contribution in [0.5, 0.6) is 0 Å². The first-order valence-corrected chi connectivity index (χ1v) is 8.35. The molecular weight excluding hydrogens is 310 g/mol. The van der Waals surface area contributed by atoms with Crippen LogP contribution in [0, 0.1) is 0 Å². The van der Waals surface area contributed by atoms with Crippen LogP contribution in [0.3, 0.4) is 0 Å². The van der Waals surface area contributed by atoms with E-state index >= 15 is 0 Å². The Morgan fingerprint density at radius 1 is 1.35 bits per heavy atom. The highest BCUT2D eigenvalue weighted by Gasteiger charge is 2.34. The van der Waals surface area contributed by atoms with E-state index in [4.69, 9.17) is 4.42 Å². The zero-order valence-corrected chi connectivity index (χ0v) is 13.4. The molecule has 0 bridgehead atoms. The Labute approximate surface area is 137 Å². The van der Waals surface area contributed by atoms with E-state index in [0.29, 0.717) is 28.1 Å². The molecule has 1 aliphatic carbocycles. The molecule has 0 saturated heterocycles. The summed E-state index contributed by atoms with van der Waals surface area (Å²) in [5.74, 6) is 1.13. The van der Waals surface area contributed by atoms with E-state index in [2.05, 4.69) is 9.98 Å². The van der Waals surface area contributed by atoms with Crippen molar-refractivity contribution in [1.82, 2.24) is 9.55 Å². The number of rotatable bonds is 3. The van der Waals surface area contributed by atoms with Crippen LogP contribution in [-0.4, -0.2) is 15.5 Å². The SMILES string of the molecule is Cn1ccsc1=NC(=O)c1nc(-c2ccccc2)oc1C1CC1. The van der Waals surface area contributed by atoms with E-state index in [-0.39, 0.29) is 5.91 Å². The Morgan fingerprint density at radius 2 is 2.13 bits per heavy atom. The minimum absolute atomic E-state index is 0.297. The van der Waals surface area contributed by atoms with Gasteiger partial charge in [-0.25, -0.2) is 4.98 Å². The van der Waals surface area contributed by atoms with Crippen LogP contribution in [0.2, 0.25) is 0 Å². The Morgan fingerprint density at radius 3 is 2.78 bits per heavy atom. The van der Waals surface area contributed by atoms with Crippen LogP contribution in [0.1, 0.15) is 35.0 Å². The summed E-state index contributed by atoms with van der Waals surface area (Å²) in [7, 11) is 1.86. The monoisotopic (exact) mass is 325 g/mol. The third-order valence-electron chi connectivity index (χ3n) is 3.78. The molecule has 0 atom stereocenters. The van der Waals surface area contributed by atoms with Gasteiger partial charge in [0.15, 0.2) is 10.5 Å². The zero-order valence-electron chi connectivity index (χ0n) is 12.6. The molecule has 0 N–H and O–H groups in total. The maximum absolute atomic E-state index is 12.6. The van der Waals surface area contributed by atoms with Crippen molar-refractivity contribution in [2.75, 3.05) is 0 Å². The smallest absolute Gasteiger partial charge is 0.301 e. The summed E-state index contributed by atoms with van der Waals surface area (Å²) >= 11 is 1.42. The Kier molecular flexibility index (Phi) is 3.46. The predicted octanol–water partition coefficient (Wildman–Crippen LogP) is 3.36. The molecule has 5 nitrogen and oxygen atoms in total. The molecule has 0 aliphatic heterocycles. The lowest BCUT2D eigenvalue weighted by Crippen LogP contribution is -2.13. The number of hydrogen-bond acceptors (Lipinski definition) is 4. The quantitative estimate of drug-likeness (QED) is 0.742. The van der Waals surface area contributed by atoms with Gasteiger partial charge in [-0.15, -0.1) is 11.3 Å². The summed E-state index contributed by atoms with van der Waals surface area (Å²) in [6.07, 6.45) is 3.95. The average molecular weight is 325 g/mol. The number of carbonyl (C=O) groups is 1. The van der Waals surface area contributed by atoms with Crippen molar-refractivity contribution in [3.05, 3.63) is 58.2 Å². The molecule has 1 saturated carbocycles. The number of hydrogen-bond donors (Lipinski definition) is 0. The number of aryl methyl sites for hydroxylation is 1. The molecule has 0 unspecified atom stereocenters. The molecule has 3 aromatic rings. The van der Waals surface area contributed by atoms with E-state index in [0.717, 1.165) is 18.4 Å². The summed E-state index contributed by atoms with van der Waals surface area (Å²) in [6.45, 7) is 0. The fourth-order valence-corrected chi connectivity index (χ4v) is 3.11. The van der Waals surface area contributed by atoms with Gasteiger partial charge in [-0.3, -0.25) is 4.79 Å². The lowest BCUT2D eigenvalue weighted by molar-refractivity contribution is 0.0992. The number of carbonyl (C=O) groups excluding carboxylic acids is 1. The van der Waals surface area contributed by atoms with Gasteiger partial charge >= 0.3 is 5.91 Å². The van der Waals surface area contributed by atoms with Crippen LogP contribution in [-0.2, 0) is 7.05 Å². The second-order valence-electron chi connectivity index (χ2n) is 5.59. The first-order chi connectivity index (χ1) is 11.2. The second kappa shape index (κ2) is 5.62. The summed E-state index contributed by atoms with van der Waals surface area (Å²) in [4.78, 5) is 21.8. The van der Waals surface area contributed by atoms with Crippen LogP contribution in [0.25, 0.3) is 11.5 Å². The summed E-state index contributed by atoms with van der Waals surface area (Å²) < 4.78 is 7.72. The third kappa shape index (κ3) is 2.77. The van der Waals surface area contributed by atoms with Crippen molar-refractivity contribution < 1.29 is 9.21 Å². The molecule has 1 fully saturated rings. The molecule has 1 aliphatic rings. The van der Waals surface area contributed by atoms with E-state index in [9.17, 15) is 4.79 Å². The molecule has 0 radical (unpaired) electrons. The molecule has 6 heteroatoms. The number of oxazole rings is 1. The molecular formula is C17H15N3O2S. The number of aromatic nitrogens is 2. The van der Waals surface area contributed by atoms with Gasteiger partial charge in [-0.05, 0) is 25.0 Å². The number of benzene rings is 1. The standard InChI is InChI=1S/C17H15N3O2S/c1-20-9-10-23-17(20)19-15(21)13-14(11-7-8-11)22-16(18-13)12-5-3-2-4-6-12/h2-6,9-11H,7-8H2,1H3. The lowest BCUT2D eigenvalue weighted by atomic mass is 10.2. The van der Waals surface area contributed by atoms with Crippen molar-refractivity contribution in [1.29, 1.82) is 0 Å². The fraction of sp³-hybridized carbons (Fsp3) is 0.235. The van der Waals surface area contributed by atoms with Crippen LogP contribution in [0.4, 0.5) is 0 Å². The van der Waals surface area contributed by atoms with Crippen molar-refractivity contribution in [3.63, 3.8) is 0 Å². The first kappa shape index (κ1) is 14.1. The Hall–Kier alpha value is -2.47. The van der Waals surface area contributed by atoms with Crippen molar-refractivity contribution >= 4 is 17.2 Å². The molecule has 2 heterocycles. The predicted molar refractivity (Wildman–Crippen MR) is 87.1 cm³/mol. The molecule has 0 spiro atoms. The highest BCUT2D eigenvalue weighted by atomic mass is 32.1. The highest BCUT2D eigenvalue weighted by Crippen LogP contribution is 2.43. The topological polar surface area (TPSA) is 60.4 Å². The van der Waals surface area contributed by atoms with Gasteiger partial charge in [0, 0.05) is 30.1 Å². The normalized spacial score (nSPS) is 15.1. The van der Waals surface area contributed by atoms with Gasteiger partial charge in [0.05, 0.1) is 0 Å². The maximum Gasteiger partial charge on any atom is 0.301 e. The summed E-state index contributed by atoms with van der Waals surface area (Å²) in [5, 5.41) is 1.89. The molecule has 1 amide bonds. The molecule has 2 aromatic heterocycles. The van der Waals surface area contributed by atoms with Gasteiger partial charge in [0.25, 0.3) is 0 Å². The summed E-state index contributed by atoms with van der Waals surface area (Å²) in [5.41, 5.74) is 1.22. The fourth-order valence-electron chi connectivity index (χ4n) is 2.39. The van der Waals surface area contributed by atoms with E-state index in [1.54, 1.807) is 0 Å². The first-order valence-electron chi connectivity index (χ1n) is 7.47. The number of nitrogens with zero attached hydrogens (tertiary/aromatic N) is 3. The minimum atomic E-state index is -0.337. The number of amides is 1. The average Bonchev–Trinajstić information content (AvgIpc) is 3.19. The second-order valence-corrected chi connectivity index (χ2v) is 6.46. The van der Waals surface area contributed by atoms with E-state index in [1.165, 1.54) is 11.3 Å². The van der Waals surface area contributed by atoms with Crippen molar-refractivity contribution in [2.45, 2.75) is 18.8 Å². The molecule has 4 rings (SSSR count). The van der Waals surface area contributed by atoms with E-state index in [1.807, 2.05) is 53.5 Å². The highest BCUT2D eigenvalue weighted by molar-refractivity contribution is 7.07. The zero-order chi connectivity index (χ0) is 15.8. The van der Waals surface area contributed by atoms with Crippen molar-refractivity contribution in [3.8, 4) is 11.5 Å². The molecule has 23 heavy (non-hydrogen) atoms. The Bertz CT molecular complexity index is 917. The van der Waals surface area contributed by atoms with Gasteiger partial charge in [-0.1, -0.05) is 18.2 Å². The van der Waals surface area contributed by atoms with Crippen LogP contribution < -0.4 is 4.80 Å². The summed E-state index contributed by atoms with van der Waals surface area (Å²) in [6, 6.07) is 9.63. The van der Waals surface area contributed by atoms with Crippen LogP contribution >= 0.6 is 11.3 Å². The van der Waals surface area contributed by atoms with E-state index < -0.39 is 0 Å². The molecule has 116 valence electrons. The van der Waals surface area contributed by atoms with Gasteiger partial charge in [0.1, 0.15) is 5.76 Å². The third-order valence-corrected chi connectivity index (χ3v) is 4.63. The number of thiazole rings is 1.